The molecule has 0 spiro atoms. The Balaban J connectivity index is 1.63. The van der Waals surface area contributed by atoms with E-state index in [1.165, 1.54) is 5.56 Å². The van der Waals surface area contributed by atoms with Crippen LogP contribution in [0.5, 0.6) is 11.5 Å². The number of hydrogen-bond donors (Lipinski definition) is 0. The van der Waals surface area contributed by atoms with Crippen LogP contribution >= 0.6 is 0 Å². The molecular weight excluding hydrogens is 378 g/mol. The van der Waals surface area contributed by atoms with Crippen molar-refractivity contribution in [3.63, 3.8) is 0 Å². The monoisotopic (exact) mass is 409 g/mol. The summed E-state index contributed by atoms with van der Waals surface area (Å²) in [4.78, 5) is 15.3. The van der Waals surface area contributed by atoms with Crippen LogP contribution in [0.2, 0.25) is 0 Å². The third-order valence-electron chi connectivity index (χ3n) is 6.06. The van der Waals surface area contributed by atoms with Crippen LogP contribution in [0.15, 0.2) is 36.4 Å². The highest BCUT2D eigenvalue weighted by Gasteiger charge is 2.36. The van der Waals surface area contributed by atoms with Crippen LogP contribution in [0, 0.1) is 12.8 Å². The second-order valence-corrected chi connectivity index (χ2v) is 8.94. The highest BCUT2D eigenvalue weighted by atomic mass is 16.5. The molecule has 0 saturated carbocycles. The van der Waals surface area contributed by atoms with Crippen LogP contribution in [0.4, 0.5) is 0 Å². The van der Waals surface area contributed by atoms with Gasteiger partial charge >= 0.3 is 0 Å². The third kappa shape index (κ3) is 4.31. The molecule has 1 atom stereocenters. The molecule has 160 valence electrons. The van der Waals surface area contributed by atoms with Crippen molar-refractivity contribution in [2.75, 3.05) is 26.9 Å². The maximum Gasteiger partial charge on any atom is 0.226 e. The number of nitrogens with zero attached hydrogens (tertiary/aromatic N) is 1. The number of methoxy groups -OCH3 is 1. The van der Waals surface area contributed by atoms with Gasteiger partial charge in [-0.25, -0.2) is 0 Å². The van der Waals surface area contributed by atoms with E-state index >= 15 is 0 Å². The number of ether oxygens (including phenoxy) is 3. The van der Waals surface area contributed by atoms with Gasteiger partial charge in [-0.2, -0.15) is 0 Å². The van der Waals surface area contributed by atoms with Gasteiger partial charge in [0.15, 0.2) is 11.5 Å². The molecule has 1 amide bonds. The van der Waals surface area contributed by atoms with Crippen molar-refractivity contribution in [2.45, 2.75) is 45.8 Å². The minimum atomic E-state index is -0.249. The average molecular weight is 410 g/mol. The highest BCUT2D eigenvalue weighted by Crippen LogP contribution is 2.39. The lowest BCUT2D eigenvalue weighted by Gasteiger charge is -2.36. The first kappa shape index (κ1) is 20.7. The molecule has 1 unspecified atom stereocenters. The average Bonchev–Trinajstić information content (AvgIpc) is 2.94. The predicted octanol–water partition coefficient (Wildman–Crippen LogP) is 4.60. The lowest BCUT2D eigenvalue weighted by atomic mass is 9.87. The molecule has 0 N–H and O–H groups in total. The molecule has 5 heteroatoms. The zero-order valence-electron chi connectivity index (χ0n) is 18.4. The second-order valence-electron chi connectivity index (χ2n) is 8.94. The van der Waals surface area contributed by atoms with Gasteiger partial charge in [0.2, 0.25) is 5.91 Å². The Morgan fingerprint density at radius 3 is 2.60 bits per heavy atom. The number of fused-ring (bicyclic) bond motifs is 1. The standard InChI is InChI=1S/C25H31NO4/c1-17-5-7-18(8-6-17)20-13-21-16-26(10-12-29-23(21)22(14-20)28-4)24(27)19-9-11-30-25(2,3)15-19/h5-8,13-14,19H,9-12,15-16H2,1-4H3. The van der Waals surface area contributed by atoms with E-state index in [1.807, 2.05) is 11.0 Å². The van der Waals surface area contributed by atoms with Gasteiger partial charge < -0.3 is 19.1 Å². The van der Waals surface area contributed by atoms with Crippen molar-refractivity contribution >= 4 is 5.91 Å². The fourth-order valence-electron chi connectivity index (χ4n) is 4.44. The van der Waals surface area contributed by atoms with E-state index < -0.39 is 0 Å². The van der Waals surface area contributed by atoms with E-state index in [4.69, 9.17) is 14.2 Å². The Morgan fingerprint density at radius 1 is 1.13 bits per heavy atom. The molecule has 1 saturated heterocycles. The molecule has 0 bridgehead atoms. The van der Waals surface area contributed by atoms with E-state index in [1.54, 1.807) is 7.11 Å². The first-order valence-electron chi connectivity index (χ1n) is 10.7. The molecule has 0 aliphatic carbocycles. The zero-order chi connectivity index (χ0) is 21.3. The van der Waals surface area contributed by atoms with Crippen LogP contribution < -0.4 is 9.47 Å². The van der Waals surface area contributed by atoms with Gasteiger partial charge in [-0.05, 0) is 56.9 Å². The molecule has 2 aliphatic rings. The molecule has 5 nitrogen and oxygen atoms in total. The molecule has 4 rings (SSSR count). The summed E-state index contributed by atoms with van der Waals surface area (Å²) < 4.78 is 17.5. The quantitative estimate of drug-likeness (QED) is 0.744. The Morgan fingerprint density at radius 2 is 1.90 bits per heavy atom. The van der Waals surface area contributed by atoms with Crippen LogP contribution in [0.3, 0.4) is 0 Å². The lowest BCUT2D eigenvalue weighted by molar-refractivity contribution is -0.146. The molecular formula is C25H31NO4. The number of carbonyl (C=O) groups is 1. The summed E-state index contributed by atoms with van der Waals surface area (Å²) in [6.07, 6.45) is 1.53. The van der Waals surface area contributed by atoms with E-state index in [0.29, 0.717) is 32.1 Å². The summed E-state index contributed by atoms with van der Waals surface area (Å²) in [6, 6.07) is 12.6. The Bertz CT molecular complexity index is 919. The Hall–Kier alpha value is -2.53. The topological polar surface area (TPSA) is 48.0 Å². The normalized spacial score (nSPS) is 20.7. The maximum absolute atomic E-state index is 13.3. The summed E-state index contributed by atoms with van der Waals surface area (Å²) in [5, 5.41) is 0. The van der Waals surface area contributed by atoms with Gasteiger partial charge in [-0.3, -0.25) is 4.79 Å². The van der Waals surface area contributed by atoms with Crippen LogP contribution in [-0.2, 0) is 16.1 Å². The molecule has 2 heterocycles. The maximum atomic E-state index is 13.3. The minimum absolute atomic E-state index is 0.00234. The first-order chi connectivity index (χ1) is 14.4. The summed E-state index contributed by atoms with van der Waals surface area (Å²) in [5.74, 6) is 1.65. The van der Waals surface area contributed by atoms with Crippen molar-refractivity contribution in [1.82, 2.24) is 4.90 Å². The minimum Gasteiger partial charge on any atom is -0.493 e. The first-order valence-corrected chi connectivity index (χ1v) is 10.7. The van der Waals surface area contributed by atoms with Crippen molar-refractivity contribution < 1.29 is 19.0 Å². The van der Waals surface area contributed by atoms with Crippen molar-refractivity contribution in [2.24, 2.45) is 5.92 Å². The molecule has 30 heavy (non-hydrogen) atoms. The molecule has 2 aromatic carbocycles. The fraction of sp³-hybridized carbons (Fsp3) is 0.480. The third-order valence-corrected chi connectivity index (χ3v) is 6.06. The van der Waals surface area contributed by atoms with Crippen molar-refractivity contribution in [3.05, 3.63) is 47.5 Å². The number of carbonyl (C=O) groups excluding carboxylic acids is 1. The van der Waals surface area contributed by atoms with Crippen molar-refractivity contribution in [1.29, 1.82) is 0 Å². The smallest absolute Gasteiger partial charge is 0.226 e. The van der Waals surface area contributed by atoms with Crippen LogP contribution in [-0.4, -0.2) is 43.3 Å². The zero-order valence-corrected chi connectivity index (χ0v) is 18.4. The van der Waals surface area contributed by atoms with E-state index in [0.717, 1.165) is 35.3 Å². The van der Waals surface area contributed by atoms with Gasteiger partial charge in [0.25, 0.3) is 0 Å². The molecule has 2 aromatic rings. The SMILES string of the molecule is COc1cc(-c2ccc(C)cc2)cc2c1OCCN(C(=O)C1CCOC(C)(C)C1)C2. The Kier molecular flexibility index (Phi) is 5.74. The van der Waals surface area contributed by atoms with Gasteiger partial charge in [0, 0.05) is 24.6 Å². The number of amides is 1. The van der Waals surface area contributed by atoms with Gasteiger partial charge in [-0.15, -0.1) is 0 Å². The number of aryl methyl sites for hydroxylation is 1. The molecule has 0 aromatic heterocycles. The highest BCUT2D eigenvalue weighted by molar-refractivity contribution is 5.79. The number of rotatable bonds is 3. The number of hydrogen-bond acceptors (Lipinski definition) is 4. The second kappa shape index (κ2) is 8.31. The Labute approximate surface area is 178 Å². The van der Waals surface area contributed by atoms with Crippen LogP contribution in [0.25, 0.3) is 11.1 Å². The fourth-order valence-corrected chi connectivity index (χ4v) is 4.44. The molecule has 0 radical (unpaired) electrons. The molecule has 1 fully saturated rings. The summed E-state index contributed by atoms with van der Waals surface area (Å²) >= 11 is 0. The van der Waals surface area contributed by atoms with E-state index in [9.17, 15) is 4.79 Å². The largest absolute Gasteiger partial charge is 0.493 e. The van der Waals surface area contributed by atoms with E-state index in [-0.39, 0.29) is 17.4 Å². The van der Waals surface area contributed by atoms with Gasteiger partial charge in [0.05, 0.1) is 19.3 Å². The van der Waals surface area contributed by atoms with Gasteiger partial charge in [0.1, 0.15) is 6.61 Å². The summed E-state index contributed by atoms with van der Waals surface area (Å²) in [5.41, 5.74) is 4.15. The number of benzene rings is 2. The molecule has 2 aliphatic heterocycles. The predicted molar refractivity (Wildman–Crippen MR) is 117 cm³/mol. The summed E-state index contributed by atoms with van der Waals surface area (Å²) in [6.45, 7) is 8.41. The lowest BCUT2D eigenvalue weighted by Crippen LogP contribution is -2.43. The van der Waals surface area contributed by atoms with Crippen molar-refractivity contribution in [3.8, 4) is 22.6 Å². The van der Waals surface area contributed by atoms with Crippen LogP contribution in [0.1, 0.15) is 37.8 Å². The van der Waals surface area contributed by atoms with E-state index in [2.05, 4.69) is 51.1 Å². The van der Waals surface area contributed by atoms with Gasteiger partial charge in [-0.1, -0.05) is 29.8 Å². The summed E-state index contributed by atoms with van der Waals surface area (Å²) in [7, 11) is 1.66.